The number of carbonyl (C=O) groups is 2. The summed E-state index contributed by atoms with van der Waals surface area (Å²) in [5.41, 5.74) is 0.0540. The first kappa shape index (κ1) is 19.5. The molecular formula is C18H30N2O3. The molecule has 0 aromatic heterocycles. The van der Waals surface area contributed by atoms with Gasteiger partial charge in [-0.2, -0.15) is 5.26 Å². The number of ether oxygens (including phenoxy) is 1. The minimum atomic E-state index is -0.552. The Morgan fingerprint density at radius 2 is 1.87 bits per heavy atom. The van der Waals surface area contributed by atoms with Crippen molar-refractivity contribution in [3.8, 4) is 6.07 Å². The normalized spacial score (nSPS) is 17.2. The molecule has 1 saturated carbocycles. The van der Waals surface area contributed by atoms with Gasteiger partial charge in [0, 0.05) is 6.54 Å². The molecule has 0 aromatic carbocycles. The third-order valence-electron chi connectivity index (χ3n) is 4.53. The average molecular weight is 322 g/mol. The molecular weight excluding hydrogens is 292 g/mol. The van der Waals surface area contributed by atoms with E-state index in [1.54, 1.807) is 4.90 Å². The van der Waals surface area contributed by atoms with Crippen molar-refractivity contribution in [2.24, 2.45) is 11.3 Å². The van der Waals surface area contributed by atoms with Crippen molar-refractivity contribution in [3.63, 3.8) is 0 Å². The first-order valence-corrected chi connectivity index (χ1v) is 8.54. The van der Waals surface area contributed by atoms with Crippen LogP contribution in [0.25, 0.3) is 0 Å². The lowest BCUT2D eigenvalue weighted by Crippen LogP contribution is -2.51. The summed E-state index contributed by atoms with van der Waals surface area (Å²) < 4.78 is 4.99. The molecule has 1 fully saturated rings. The number of hydrogen-bond acceptors (Lipinski definition) is 4. The zero-order valence-corrected chi connectivity index (χ0v) is 14.9. The van der Waals surface area contributed by atoms with Crippen LogP contribution in [0.1, 0.15) is 65.7 Å². The Hall–Kier alpha value is -1.57. The predicted octanol–water partition coefficient (Wildman–Crippen LogP) is 3.29. The summed E-state index contributed by atoms with van der Waals surface area (Å²) in [6, 6.07) is 1.36. The molecule has 0 aromatic rings. The van der Waals surface area contributed by atoms with E-state index in [-0.39, 0.29) is 29.6 Å². The predicted molar refractivity (Wildman–Crippen MR) is 88.4 cm³/mol. The summed E-state index contributed by atoms with van der Waals surface area (Å²) in [5, 5.41) is 8.89. The number of methoxy groups -OCH3 is 1. The molecule has 0 saturated heterocycles. The second kappa shape index (κ2) is 8.90. The second-order valence-electron chi connectivity index (χ2n) is 7.60. The van der Waals surface area contributed by atoms with Gasteiger partial charge in [0.2, 0.25) is 5.91 Å². The van der Waals surface area contributed by atoms with Gasteiger partial charge in [-0.15, -0.1) is 0 Å². The Kier molecular flexibility index (Phi) is 7.54. The topological polar surface area (TPSA) is 70.4 Å². The molecule has 5 nitrogen and oxygen atoms in total. The van der Waals surface area contributed by atoms with Gasteiger partial charge in [0.1, 0.15) is 12.5 Å². The lowest BCUT2D eigenvalue weighted by Gasteiger charge is -2.37. The maximum atomic E-state index is 12.5. The highest BCUT2D eigenvalue weighted by Crippen LogP contribution is 2.31. The van der Waals surface area contributed by atoms with E-state index in [4.69, 9.17) is 10.00 Å². The second-order valence-corrected chi connectivity index (χ2v) is 7.60. The van der Waals surface area contributed by atoms with Crippen molar-refractivity contribution in [3.05, 3.63) is 0 Å². The zero-order valence-electron chi connectivity index (χ0n) is 14.9. The number of nitriles is 1. The number of rotatable bonds is 6. The molecule has 23 heavy (non-hydrogen) atoms. The fraction of sp³-hybridized carbons (Fsp3) is 0.833. The van der Waals surface area contributed by atoms with Crippen LogP contribution in [0.4, 0.5) is 0 Å². The lowest BCUT2D eigenvalue weighted by atomic mass is 9.82. The minimum Gasteiger partial charge on any atom is -0.467 e. The summed E-state index contributed by atoms with van der Waals surface area (Å²) in [7, 11) is 1.37. The van der Waals surface area contributed by atoms with E-state index in [9.17, 15) is 9.59 Å². The fourth-order valence-corrected chi connectivity index (χ4v) is 3.19. The first-order chi connectivity index (χ1) is 10.8. The molecule has 0 radical (unpaired) electrons. The van der Waals surface area contributed by atoms with Crippen LogP contribution in [-0.4, -0.2) is 36.5 Å². The van der Waals surface area contributed by atoms with Crippen LogP contribution in [0.5, 0.6) is 0 Å². The van der Waals surface area contributed by atoms with Crippen molar-refractivity contribution in [1.29, 1.82) is 5.26 Å². The summed E-state index contributed by atoms with van der Waals surface area (Å²) >= 11 is 0. The van der Waals surface area contributed by atoms with Crippen LogP contribution in [0, 0.1) is 22.7 Å². The van der Waals surface area contributed by atoms with Crippen molar-refractivity contribution < 1.29 is 14.3 Å². The van der Waals surface area contributed by atoms with E-state index in [0.717, 1.165) is 32.1 Å². The highest BCUT2D eigenvalue weighted by atomic mass is 16.5. The lowest BCUT2D eigenvalue weighted by molar-refractivity contribution is -0.156. The van der Waals surface area contributed by atoms with Gasteiger partial charge >= 0.3 is 5.97 Å². The van der Waals surface area contributed by atoms with Crippen molar-refractivity contribution >= 4 is 11.9 Å². The van der Waals surface area contributed by atoms with Crippen LogP contribution in [0.2, 0.25) is 0 Å². The highest BCUT2D eigenvalue weighted by Gasteiger charge is 2.37. The Labute approximate surface area is 140 Å². The van der Waals surface area contributed by atoms with Crippen molar-refractivity contribution in [2.45, 2.75) is 71.8 Å². The smallest absolute Gasteiger partial charge is 0.328 e. The highest BCUT2D eigenvalue weighted by molar-refractivity contribution is 5.85. The molecule has 1 atom stereocenters. The van der Waals surface area contributed by atoms with E-state index >= 15 is 0 Å². The summed E-state index contributed by atoms with van der Waals surface area (Å²) in [6.07, 6.45) is 5.81. The Balaban J connectivity index is 3.01. The Morgan fingerprint density at radius 3 is 2.35 bits per heavy atom. The molecule has 1 aliphatic rings. The monoisotopic (exact) mass is 322 g/mol. The molecule has 5 heteroatoms. The van der Waals surface area contributed by atoms with E-state index in [1.165, 1.54) is 13.5 Å². The molecule has 1 unspecified atom stereocenters. The summed E-state index contributed by atoms with van der Waals surface area (Å²) in [4.78, 5) is 26.5. The molecule has 1 rings (SSSR count). The standard InChI is InChI=1S/C18H30N2O3/c1-18(2,3)11-13-20(15(21)10-12-19)16(17(22)23-4)14-8-6-5-7-9-14/h14,16H,5-11,13H2,1-4H3. The van der Waals surface area contributed by atoms with E-state index in [0.29, 0.717) is 6.54 Å². The van der Waals surface area contributed by atoms with Gasteiger partial charge in [-0.3, -0.25) is 4.79 Å². The fourth-order valence-electron chi connectivity index (χ4n) is 3.19. The maximum Gasteiger partial charge on any atom is 0.328 e. The number of carbonyl (C=O) groups excluding carboxylic acids is 2. The van der Waals surface area contributed by atoms with Crippen LogP contribution >= 0.6 is 0 Å². The zero-order chi connectivity index (χ0) is 17.5. The summed E-state index contributed by atoms with van der Waals surface area (Å²) in [5.74, 6) is -0.478. The minimum absolute atomic E-state index is 0.0540. The van der Waals surface area contributed by atoms with Crippen LogP contribution in [0.3, 0.4) is 0 Å². The van der Waals surface area contributed by atoms with Crippen LogP contribution in [0.15, 0.2) is 0 Å². The van der Waals surface area contributed by atoms with Gasteiger partial charge in [-0.1, -0.05) is 40.0 Å². The van der Waals surface area contributed by atoms with Crippen molar-refractivity contribution in [1.82, 2.24) is 4.90 Å². The molecule has 0 aliphatic heterocycles. The molecule has 0 bridgehead atoms. The number of hydrogen-bond donors (Lipinski definition) is 0. The molecule has 0 heterocycles. The Bertz CT molecular complexity index is 442. The molecule has 0 spiro atoms. The van der Waals surface area contributed by atoms with E-state index < -0.39 is 6.04 Å². The van der Waals surface area contributed by atoms with E-state index in [2.05, 4.69) is 20.8 Å². The van der Waals surface area contributed by atoms with Gasteiger partial charge in [-0.25, -0.2) is 4.79 Å². The third kappa shape index (κ3) is 6.21. The largest absolute Gasteiger partial charge is 0.467 e. The maximum absolute atomic E-state index is 12.5. The van der Waals surface area contributed by atoms with Crippen molar-refractivity contribution in [2.75, 3.05) is 13.7 Å². The van der Waals surface area contributed by atoms with Gasteiger partial charge in [-0.05, 0) is 30.6 Å². The van der Waals surface area contributed by atoms with Gasteiger partial charge in [0.05, 0.1) is 13.2 Å². The van der Waals surface area contributed by atoms with Gasteiger partial charge in [0.25, 0.3) is 0 Å². The average Bonchev–Trinajstić information content (AvgIpc) is 2.50. The molecule has 130 valence electrons. The summed E-state index contributed by atoms with van der Waals surface area (Å²) in [6.45, 7) is 6.80. The Morgan fingerprint density at radius 1 is 1.26 bits per heavy atom. The molecule has 1 aliphatic carbocycles. The SMILES string of the molecule is COC(=O)C(C1CCCCC1)N(CCC(C)(C)C)C(=O)CC#N. The third-order valence-corrected chi connectivity index (χ3v) is 4.53. The van der Waals surface area contributed by atoms with Gasteiger partial charge < -0.3 is 9.64 Å². The van der Waals surface area contributed by atoms with Gasteiger partial charge in [0.15, 0.2) is 0 Å². The number of amides is 1. The number of esters is 1. The number of nitrogens with zero attached hydrogens (tertiary/aromatic N) is 2. The van der Waals surface area contributed by atoms with E-state index in [1.807, 2.05) is 6.07 Å². The first-order valence-electron chi connectivity index (χ1n) is 8.54. The quantitative estimate of drug-likeness (QED) is 0.704. The molecule has 0 N–H and O–H groups in total. The molecule has 1 amide bonds. The van der Waals surface area contributed by atoms with Crippen LogP contribution < -0.4 is 0 Å². The van der Waals surface area contributed by atoms with Crippen LogP contribution in [-0.2, 0) is 14.3 Å².